The largest absolute Gasteiger partial charge is 0.329 e. The molecule has 192 valence electrons. The van der Waals surface area contributed by atoms with E-state index in [0.717, 1.165) is 37.7 Å². The number of carbonyl (C=O) groups is 1. The third kappa shape index (κ3) is 4.60. The van der Waals surface area contributed by atoms with Crippen LogP contribution in [0.1, 0.15) is 21.5 Å². The van der Waals surface area contributed by atoms with Crippen LogP contribution in [0.15, 0.2) is 133 Å². The Kier molecular flexibility index (Phi) is 6.47. The van der Waals surface area contributed by atoms with Gasteiger partial charge in [0, 0.05) is 0 Å². The van der Waals surface area contributed by atoms with Crippen molar-refractivity contribution < 1.29 is 13.2 Å². The molecule has 1 aliphatic rings. The van der Waals surface area contributed by atoms with Gasteiger partial charge in [0.05, 0.1) is 24.3 Å². The van der Waals surface area contributed by atoms with Crippen LogP contribution in [0.4, 0.5) is 5.69 Å². The van der Waals surface area contributed by atoms with Crippen LogP contribution >= 0.6 is 0 Å². The smallest absolute Gasteiger partial charge is 0.268 e. The highest BCUT2D eigenvalue weighted by atomic mass is 32.2. The van der Waals surface area contributed by atoms with Crippen LogP contribution < -0.4 is 4.31 Å². The SMILES string of the molecule is O=C1c2ccccc2N(Cc2ccccc2-c2ccccc2)S(=O)(=O)N1Cc1ccccc1-c1ccccc1. The van der Waals surface area contributed by atoms with E-state index in [1.165, 1.54) is 4.31 Å². The zero-order valence-corrected chi connectivity index (χ0v) is 22.0. The van der Waals surface area contributed by atoms with Crippen molar-refractivity contribution in [2.75, 3.05) is 4.31 Å². The molecule has 0 saturated carbocycles. The van der Waals surface area contributed by atoms with Crippen LogP contribution in [-0.4, -0.2) is 18.6 Å². The summed E-state index contributed by atoms with van der Waals surface area (Å²) in [5.41, 5.74) is 6.15. The fraction of sp³-hybridized carbons (Fsp3) is 0.0606. The van der Waals surface area contributed by atoms with Gasteiger partial charge in [-0.3, -0.25) is 4.79 Å². The molecule has 5 aromatic rings. The summed E-state index contributed by atoms with van der Waals surface area (Å²) in [6.45, 7) is 0.0198. The first kappa shape index (κ1) is 24.6. The van der Waals surface area contributed by atoms with Gasteiger partial charge in [0.25, 0.3) is 5.91 Å². The van der Waals surface area contributed by atoms with Crippen LogP contribution in [0.3, 0.4) is 0 Å². The molecule has 0 fully saturated rings. The number of amides is 1. The van der Waals surface area contributed by atoms with Gasteiger partial charge in [-0.2, -0.15) is 8.42 Å². The van der Waals surface area contributed by atoms with E-state index in [-0.39, 0.29) is 13.1 Å². The molecule has 0 spiro atoms. The van der Waals surface area contributed by atoms with E-state index < -0.39 is 16.1 Å². The molecular formula is C33H26N2O3S. The van der Waals surface area contributed by atoms with E-state index in [9.17, 15) is 13.2 Å². The summed E-state index contributed by atoms with van der Waals surface area (Å²) in [6, 6.07) is 42.0. The Morgan fingerprint density at radius 3 is 1.41 bits per heavy atom. The highest BCUT2D eigenvalue weighted by Crippen LogP contribution is 2.37. The molecule has 39 heavy (non-hydrogen) atoms. The predicted molar refractivity (Wildman–Crippen MR) is 155 cm³/mol. The molecule has 0 saturated heterocycles. The molecule has 0 bridgehead atoms. The lowest BCUT2D eigenvalue weighted by atomic mass is 9.99. The molecular weight excluding hydrogens is 504 g/mol. The van der Waals surface area contributed by atoms with Crippen LogP contribution in [-0.2, 0) is 23.3 Å². The van der Waals surface area contributed by atoms with Gasteiger partial charge in [-0.05, 0) is 45.5 Å². The number of carbonyl (C=O) groups excluding carboxylic acids is 1. The Balaban J connectivity index is 1.44. The lowest BCUT2D eigenvalue weighted by Crippen LogP contribution is -2.50. The zero-order valence-electron chi connectivity index (χ0n) is 21.1. The minimum absolute atomic E-state index is 0.0720. The number of fused-ring (bicyclic) bond motifs is 1. The summed E-state index contributed by atoms with van der Waals surface area (Å²) >= 11 is 0. The summed E-state index contributed by atoms with van der Waals surface area (Å²) < 4.78 is 30.8. The van der Waals surface area contributed by atoms with Crippen molar-refractivity contribution in [2.24, 2.45) is 0 Å². The number of para-hydroxylation sites is 1. The van der Waals surface area contributed by atoms with E-state index in [4.69, 9.17) is 0 Å². The van der Waals surface area contributed by atoms with Crippen molar-refractivity contribution in [3.63, 3.8) is 0 Å². The molecule has 0 N–H and O–H groups in total. The fourth-order valence-corrected chi connectivity index (χ4v) is 6.66. The first-order chi connectivity index (χ1) is 19.0. The number of anilines is 1. The minimum atomic E-state index is -4.20. The molecule has 0 aromatic heterocycles. The van der Waals surface area contributed by atoms with Gasteiger partial charge in [0.15, 0.2) is 0 Å². The first-order valence-corrected chi connectivity index (χ1v) is 14.1. The fourth-order valence-electron chi connectivity index (χ4n) is 5.10. The molecule has 5 aromatic carbocycles. The first-order valence-electron chi connectivity index (χ1n) is 12.7. The second-order valence-corrected chi connectivity index (χ2v) is 11.2. The number of nitrogens with zero attached hydrogens (tertiary/aromatic N) is 2. The van der Waals surface area contributed by atoms with Crippen LogP contribution in [0, 0.1) is 0 Å². The summed E-state index contributed by atoms with van der Waals surface area (Å²) in [7, 11) is -4.20. The van der Waals surface area contributed by atoms with Crippen molar-refractivity contribution in [3.8, 4) is 22.3 Å². The van der Waals surface area contributed by atoms with E-state index >= 15 is 0 Å². The van der Waals surface area contributed by atoms with E-state index in [1.54, 1.807) is 24.3 Å². The average molecular weight is 531 g/mol. The normalized spacial score (nSPS) is 14.2. The van der Waals surface area contributed by atoms with Crippen molar-refractivity contribution in [3.05, 3.63) is 150 Å². The molecule has 0 atom stereocenters. The van der Waals surface area contributed by atoms with Gasteiger partial charge in [0.1, 0.15) is 0 Å². The molecule has 1 aliphatic heterocycles. The molecule has 1 heterocycles. The maximum Gasteiger partial charge on any atom is 0.329 e. The summed E-state index contributed by atoms with van der Waals surface area (Å²) in [5.74, 6) is -0.527. The van der Waals surface area contributed by atoms with Crippen LogP contribution in [0.25, 0.3) is 22.3 Å². The topological polar surface area (TPSA) is 57.7 Å². The third-order valence-electron chi connectivity index (χ3n) is 7.02. The third-order valence-corrected chi connectivity index (χ3v) is 8.75. The molecule has 6 rings (SSSR count). The summed E-state index contributed by atoms with van der Waals surface area (Å²) in [4.78, 5) is 13.7. The molecule has 6 heteroatoms. The second kappa shape index (κ2) is 10.2. The number of hydrogen-bond donors (Lipinski definition) is 0. The highest BCUT2D eigenvalue weighted by Gasteiger charge is 2.42. The Labute approximate surface area is 228 Å². The predicted octanol–water partition coefficient (Wildman–Crippen LogP) is 6.93. The minimum Gasteiger partial charge on any atom is -0.268 e. The Bertz CT molecular complexity index is 1750. The van der Waals surface area contributed by atoms with E-state index in [1.807, 2.05) is 109 Å². The number of benzene rings is 5. The Morgan fingerprint density at radius 2 is 0.872 bits per heavy atom. The van der Waals surface area contributed by atoms with Gasteiger partial charge in [0.2, 0.25) is 0 Å². The molecule has 0 radical (unpaired) electrons. The number of hydrogen-bond acceptors (Lipinski definition) is 3. The van der Waals surface area contributed by atoms with E-state index in [0.29, 0.717) is 11.3 Å². The maximum absolute atomic E-state index is 14.2. The second-order valence-electron chi connectivity index (χ2n) is 9.39. The van der Waals surface area contributed by atoms with Crippen molar-refractivity contribution in [1.29, 1.82) is 0 Å². The highest BCUT2D eigenvalue weighted by molar-refractivity contribution is 7.91. The van der Waals surface area contributed by atoms with Gasteiger partial charge in [-0.1, -0.05) is 121 Å². The number of rotatable bonds is 6. The quantitative estimate of drug-likeness (QED) is 0.239. The Morgan fingerprint density at radius 1 is 0.462 bits per heavy atom. The van der Waals surface area contributed by atoms with Crippen LogP contribution in [0.2, 0.25) is 0 Å². The molecule has 1 amide bonds. The molecule has 0 aliphatic carbocycles. The van der Waals surface area contributed by atoms with Crippen molar-refractivity contribution >= 4 is 21.8 Å². The van der Waals surface area contributed by atoms with Crippen LogP contribution in [0.5, 0.6) is 0 Å². The van der Waals surface area contributed by atoms with Crippen molar-refractivity contribution in [2.45, 2.75) is 13.1 Å². The lowest BCUT2D eigenvalue weighted by molar-refractivity contribution is 0.0851. The summed E-state index contributed by atoms with van der Waals surface area (Å²) in [5, 5.41) is 0. The van der Waals surface area contributed by atoms with E-state index in [2.05, 4.69) is 0 Å². The van der Waals surface area contributed by atoms with Crippen molar-refractivity contribution in [1.82, 2.24) is 4.31 Å². The molecule has 0 unspecified atom stereocenters. The van der Waals surface area contributed by atoms with Gasteiger partial charge in [-0.15, -0.1) is 0 Å². The maximum atomic E-state index is 14.2. The van der Waals surface area contributed by atoms with Gasteiger partial charge in [-0.25, -0.2) is 8.61 Å². The van der Waals surface area contributed by atoms with Gasteiger partial charge >= 0.3 is 10.2 Å². The van der Waals surface area contributed by atoms with Gasteiger partial charge < -0.3 is 0 Å². The molecule has 5 nitrogen and oxygen atoms in total. The standard InChI is InChI=1S/C33H26N2O3S/c36-33-31-21-11-12-22-32(31)34(23-27-17-7-9-19-29(27)25-13-3-1-4-14-25)39(37,38)35(33)24-28-18-8-10-20-30(28)26-15-5-2-6-16-26/h1-22H,23-24H2. The average Bonchev–Trinajstić information content (AvgIpc) is 2.99. The monoisotopic (exact) mass is 530 g/mol. The zero-order chi connectivity index (χ0) is 26.8. The summed E-state index contributed by atoms with van der Waals surface area (Å²) in [6.07, 6.45) is 0. The Hall–Kier alpha value is -4.68. The lowest BCUT2D eigenvalue weighted by Gasteiger charge is -2.37.